The summed E-state index contributed by atoms with van der Waals surface area (Å²) < 4.78 is 27.3. The van der Waals surface area contributed by atoms with Gasteiger partial charge in [0.1, 0.15) is 0 Å². The summed E-state index contributed by atoms with van der Waals surface area (Å²) in [7, 11) is -3.59. The number of nitrogens with one attached hydrogen (secondary N) is 2. The summed E-state index contributed by atoms with van der Waals surface area (Å²) in [4.78, 5) is 14.0. The Kier molecular flexibility index (Phi) is 5.35. The Morgan fingerprint density at radius 3 is 2.24 bits per heavy atom. The Morgan fingerprint density at radius 1 is 0.960 bits per heavy atom. The van der Waals surface area contributed by atoms with Gasteiger partial charge in [-0.1, -0.05) is 30.3 Å². The fourth-order valence-corrected chi connectivity index (χ4v) is 3.72. The van der Waals surface area contributed by atoms with Crippen molar-refractivity contribution in [3.05, 3.63) is 60.2 Å². The zero-order chi connectivity index (χ0) is 17.7. The molecule has 0 atom stereocenters. The molecule has 0 unspecified atom stereocenters. The van der Waals surface area contributed by atoms with E-state index >= 15 is 0 Å². The summed E-state index contributed by atoms with van der Waals surface area (Å²) in [6.07, 6.45) is 2.05. The second-order valence-electron chi connectivity index (χ2n) is 5.96. The molecule has 2 aromatic rings. The van der Waals surface area contributed by atoms with Crippen molar-refractivity contribution in [2.45, 2.75) is 24.3 Å². The van der Waals surface area contributed by atoms with Gasteiger partial charge in [-0.25, -0.2) is 17.9 Å². The van der Waals surface area contributed by atoms with E-state index in [4.69, 9.17) is 0 Å². The van der Waals surface area contributed by atoms with Crippen LogP contribution in [0.4, 0.5) is 10.5 Å². The highest BCUT2D eigenvalue weighted by Gasteiger charge is 2.18. The van der Waals surface area contributed by atoms with E-state index in [0.717, 1.165) is 31.5 Å². The van der Waals surface area contributed by atoms with Gasteiger partial charge in [-0.2, -0.15) is 0 Å². The van der Waals surface area contributed by atoms with Gasteiger partial charge >= 0.3 is 6.03 Å². The highest BCUT2D eigenvalue weighted by atomic mass is 32.2. The van der Waals surface area contributed by atoms with E-state index in [1.165, 1.54) is 12.1 Å². The molecule has 0 radical (unpaired) electrons. The highest BCUT2D eigenvalue weighted by molar-refractivity contribution is 7.89. The van der Waals surface area contributed by atoms with Crippen LogP contribution in [0.2, 0.25) is 0 Å². The monoisotopic (exact) mass is 359 g/mol. The van der Waals surface area contributed by atoms with E-state index in [1.54, 1.807) is 17.0 Å². The van der Waals surface area contributed by atoms with Crippen molar-refractivity contribution in [1.82, 2.24) is 9.62 Å². The van der Waals surface area contributed by atoms with Crippen LogP contribution in [0.25, 0.3) is 0 Å². The standard InChI is InChI=1S/C18H21N3O3S/c22-18(21-12-4-5-13-21)20-16-8-10-17(11-9-16)25(23,24)19-14-15-6-2-1-3-7-15/h1-3,6-11,19H,4-5,12-14H2,(H,20,22). The Hall–Kier alpha value is -2.38. The summed E-state index contributed by atoms with van der Waals surface area (Å²) in [5.41, 5.74) is 1.47. The molecular weight excluding hydrogens is 338 g/mol. The molecule has 0 aliphatic carbocycles. The molecule has 1 aliphatic heterocycles. The lowest BCUT2D eigenvalue weighted by Gasteiger charge is -2.16. The van der Waals surface area contributed by atoms with Crippen LogP contribution in [-0.2, 0) is 16.6 Å². The molecule has 132 valence electrons. The summed E-state index contributed by atoms with van der Waals surface area (Å²) in [6.45, 7) is 1.76. The third-order valence-corrected chi connectivity index (χ3v) is 5.54. The van der Waals surface area contributed by atoms with Gasteiger partial charge in [0.25, 0.3) is 0 Å². The summed E-state index contributed by atoms with van der Waals surface area (Å²) in [5, 5.41) is 2.79. The number of nitrogens with zero attached hydrogens (tertiary/aromatic N) is 1. The maximum absolute atomic E-state index is 12.3. The number of carbonyl (C=O) groups excluding carboxylic acids is 1. The molecule has 2 amide bonds. The number of rotatable bonds is 5. The van der Waals surface area contributed by atoms with E-state index < -0.39 is 10.0 Å². The SMILES string of the molecule is O=C(Nc1ccc(S(=O)(=O)NCc2ccccc2)cc1)N1CCCC1. The summed E-state index contributed by atoms with van der Waals surface area (Å²) in [5.74, 6) is 0. The van der Waals surface area contributed by atoms with Crippen molar-refractivity contribution in [3.8, 4) is 0 Å². The Balaban J connectivity index is 1.61. The molecule has 0 saturated carbocycles. The lowest BCUT2D eigenvalue weighted by molar-refractivity contribution is 0.222. The molecule has 1 heterocycles. The average Bonchev–Trinajstić information content (AvgIpc) is 3.16. The molecule has 6 nitrogen and oxygen atoms in total. The number of urea groups is 1. The lowest BCUT2D eigenvalue weighted by atomic mass is 10.2. The van der Waals surface area contributed by atoms with Gasteiger partial charge in [0.15, 0.2) is 0 Å². The molecule has 3 rings (SSSR count). The van der Waals surface area contributed by atoms with Crippen LogP contribution in [0.3, 0.4) is 0 Å². The van der Waals surface area contributed by atoms with Gasteiger partial charge in [-0.05, 0) is 42.7 Å². The Morgan fingerprint density at radius 2 is 1.60 bits per heavy atom. The highest BCUT2D eigenvalue weighted by Crippen LogP contribution is 2.16. The van der Waals surface area contributed by atoms with Gasteiger partial charge in [-0.15, -0.1) is 0 Å². The van der Waals surface area contributed by atoms with Crippen LogP contribution in [0.15, 0.2) is 59.5 Å². The van der Waals surface area contributed by atoms with Crippen molar-refractivity contribution in [3.63, 3.8) is 0 Å². The number of hydrogen-bond acceptors (Lipinski definition) is 3. The van der Waals surface area contributed by atoms with E-state index in [-0.39, 0.29) is 17.5 Å². The maximum atomic E-state index is 12.3. The first-order chi connectivity index (χ1) is 12.0. The Labute approximate surface area is 147 Å². The number of sulfonamides is 1. The van der Waals surface area contributed by atoms with Crippen molar-refractivity contribution in [1.29, 1.82) is 0 Å². The number of benzene rings is 2. The first-order valence-corrected chi connectivity index (χ1v) is 9.72. The largest absolute Gasteiger partial charge is 0.325 e. The van der Waals surface area contributed by atoms with Gasteiger partial charge in [0.05, 0.1) is 4.90 Å². The molecule has 25 heavy (non-hydrogen) atoms. The first kappa shape index (κ1) is 17.4. The average molecular weight is 359 g/mol. The van der Waals surface area contributed by atoms with Crippen molar-refractivity contribution >= 4 is 21.7 Å². The van der Waals surface area contributed by atoms with Gasteiger partial charge in [0, 0.05) is 25.3 Å². The molecule has 2 N–H and O–H groups in total. The van der Waals surface area contributed by atoms with Crippen LogP contribution in [0, 0.1) is 0 Å². The predicted molar refractivity (Wildman–Crippen MR) is 96.7 cm³/mol. The van der Waals surface area contributed by atoms with E-state index in [2.05, 4.69) is 10.0 Å². The lowest BCUT2D eigenvalue weighted by Crippen LogP contribution is -2.32. The van der Waals surface area contributed by atoms with E-state index in [1.807, 2.05) is 30.3 Å². The smallest absolute Gasteiger partial charge is 0.321 e. The fraction of sp³-hybridized carbons (Fsp3) is 0.278. The third-order valence-electron chi connectivity index (χ3n) is 4.12. The van der Waals surface area contributed by atoms with Gasteiger partial charge in [-0.3, -0.25) is 0 Å². The maximum Gasteiger partial charge on any atom is 0.321 e. The third kappa shape index (κ3) is 4.58. The van der Waals surface area contributed by atoms with Crippen LogP contribution < -0.4 is 10.0 Å². The topological polar surface area (TPSA) is 78.5 Å². The minimum atomic E-state index is -3.59. The molecule has 0 spiro atoms. The molecule has 1 saturated heterocycles. The number of likely N-dealkylation sites (tertiary alicyclic amines) is 1. The van der Waals surface area contributed by atoms with Crippen LogP contribution in [0.5, 0.6) is 0 Å². The summed E-state index contributed by atoms with van der Waals surface area (Å²) >= 11 is 0. The zero-order valence-electron chi connectivity index (χ0n) is 13.8. The second kappa shape index (κ2) is 7.67. The minimum Gasteiger partial charge on any atom is -0.325 e. The van der Waals surface area contributed by atoms with Crippen molar-refractivity contribution < 1.29 is 13.2 Å². The molecule has 1 fully saturated rings. The molecule has 0 bridgehead atoms. The van der Waals surface area contributed by atoms with Gasteiger partial charge < -0.3 is 10.2 Å². The second-order valence-corrected chi connectivity index (χ2v) is 7.73. The van der Waals surface area contributed by atoms with Crippen molar-refractivity contribution in [2.75, 3.05) is 18.4 Å². The van der Waals surface area contributed by atoms with Crippen LogP contribution in [0.1, 0.15) is 18.4 Å². The summed E-state index contributed by atoms with van der Waals surface area (Å²) in [6, 6.07) is 15.4. The quantitative estimate of drug-likeness (QED) is 0.862. The number of amides is 2. The fourth-order valence-electron chi connectivity index (χ4n) is 2.70. The number of hydrogen-bond donors (Lipinski definition) is 2. The zero-order valence-corrected chi connectivity index (χ0v) is 14.6. The van der Waals surface area contributed by atoms with E-state index in [0.29, 0.717) is 5.69 Å². The van der Waals surface area contributed by atoms with Crippen LogP contribution in [-0.4, -0.2) is 32.4 Å². The Bertz CT molecular complexity index is 814. The molecule has 2 aromatic carbocycles. The molecular formula is C18H21N3O3S. The van der Waals surface area contributed by atoms with E-state index in [9.17, 15) is 13.2 Å². The number of anilines is 1. The molecule has 7 heteroatoms. The number of carbonyl (C=O) groups is 1. The molecule has 0 aromatic heterocycles. The molecule has 1 aliphatic rings. The van der Waals surface area contributed by atoms with Crippen molar-refractivity contribution in [2.24, 2.45) is 0 Å². The minimum absolute atomic E-state index is 0.143. The van der Waals surface area contributed by atoms with Gasteiger partial charge in [0.2, 0.25) is 10.0 Å². The normalized spacial score (nSPS) is 14.5. The predicted octanol–water partition coefficient (Wildman–Crippen LogP) is 2.79. The van der Waals surface area contributed by atoms with Crippen LogP contribution >= 0.6 is 0 Å². The first-order valence-electron chi connectivity index (χ1n) is 8.24.